The monoisotopic (exact) mass is 408 g/mol. The molecule has 0 radical (unpaired) electrons. The van der Waals surface area contributed by atoms with Crippen molar-refractivity contribution in [1.29, 1.82) is 0 Å². The first-order chi connectivity index (χ1) is 12.7. The molecule has 3 rings (SSSR count). The predicted octanol–water partition coefficient (Wildman–Crippen LogP) is 2.06. The Morgan fingerprint density at radius 1 is 1.22 bits per heavy atom. The molecular weight excluding hydrogens is 392 g/mol. The molecule has 27 heavy (non-hydrogen) atoms. The summed E-state index contributed by atoms with van der Waals surface area (Å²) in [6.45, 7) is 0.0708. The van der Waals surface area contributed by atoms with Gasteiger partial charge in [0.15, 0.2) is 15.9 Å². The molecule has 2 unspecified atom stereocenters. The van der Waals surface area contributed by atoms with Crippen molar-refractivity contribution in [3.63, 3.8) is 0 Å². The molecule has 1 aliphatic rings. The first-order valence-electron chi connectivity index (χ1n) is 8.04. The van der Waals surface area contributed by atoms with E-state index in [0.717, 1.165) is 6.26 Å². The van der Waals surface area contributed by atoms with Crippen LogP contribution in [-0.2, 0) is 19.4 Å². The second kappa shape index (κ2) is 7.58. The van der Waals surface area contributed by atoms with E-state index >= 15 is 0 Å². The van der Waals surface area contributed by atoms with E-state index in [9.17, 15) is 18.0 Å². The van der Waals surface area contributed by atoms with Crippen LogP contribution < -0.4 is 10.6 Å². The molecule has 0 aromatic heterocycles. The van der Waals surface area contributed by atoms with Gasteiger partial charge < -0.3 is 15.4 Å². The largest absolute Gasteiger partial charge is 0.434 e. The van der Waals surface area contributed by atoms with E-state index in [-0.39, 0.29) is 11.4 Å². The van der Waals surface area contributed by atoms with Gasteiger partial charge in [0.1, 0.15) is 0 Å². The fourth-order valence-electron chi connectivity index (χ4n) is 2.71. The van der Waals surface area contributed by atoms with Crippen molar-refractivity contribution < 1.29 is 22.7 Å². The number of hydrogen-bond donors (Lipinski definition) is 2. The van der Waals surface area contributed by atoms with Crippen LogP contribution in [0.1, 0.15) is 17.2 Å². The topological polar surface area (TPSA) is 102 Å². The minimum atomic E-state index is -3.41. The number of cyclic esters (lactones) is 1. The Kier molecular flexibility index (Phi) is 5.38. The minimum Gasteiger partial charge on any atom is -0.434 e. The van der Waals surface area contributed by atoms with E-state index in [1.165, 1.54) is 12.1 Å². The molecule has 9 heteroatoms. The van der Waals surface area contributed by atoms with Gasteiger partial charge in [0.2, 0.25) is 0 Å². The van der Waals surface area contributed by atoms with Crippen molar-refractivity contribution in [2.45, 2.75) is 17.0 Å². The van der Waals surface area contributed by atoms with Crippen molar-refractivity contribution in [3.8, 4) is 0 Å². The third kappa shape index (κ3) is 4.58. The van der Waals surface area contributed by atoms with Gasteiger partial charge in [0.25, 0.3) is 5.91 Å². The molecule has 7 nitrogen and oxygen atoms in total. The Balaban J connectivity index is 1.96. The highest BCUT2D eigenvalue weighted by molar-refractivity contribution is 7.90. The Morgan fingerprint density at radius 2 is 1.93 bits per heavy atom. The number of sulfone groups is 1. The molecule has 0 bridgehead atoms. The molecule has 2 amide bonds. The number of benzene rings is 2. The van der Waals surface area contributed by atoms with Gasteiger partial charge in [0.05, 0.1) is 17.5 Å². The molecule has 1 heterocycles. The molecule has 1 aliphatic heterocycles. The smallest absolute Gasteiger partial charge is 0.408 e. The van der Waals surface area contributed by atoms with Crippen LogP contribution >= 0.6 is 11.6 Å². The fraction of sp³-hybridized carbons (Fsp3) is 0.222. The highest BCUT2D eigenvalue weighted by atomic mass is 35.5. The van der Waals surface area contributed by atoms with Gasteiger partial charge in [-0.2, -0.15) is 0 Å². The number of ether oxygens (including phenoxy) is 1. The molecule has 142 valence electrons. The number of carbonyl (C=O) groups is 2. The Labute approximate surface area is 161 Å². The van der Waals surface area contributed by atoms with Crippen molar-refractivity contribution in [3.05, 3.63) is 64.7 Å². The standard InChI is InChI=1S/C18H17ClN2O5S/c1-27(24,25)14-4-2-3-12(9-14)16(11-5-7-13(19)8-6-11)21-17(22)15-10-20-18(23)26-15/h2-9,15-16H,10H2,1H3,(H,20,23)(H,21,22). The zero-order valence-electron chi connectivity index (χ0n) is 14.3. The second-order valence-electron chi connectivity index (χ2n) is 6.11. The summed E-state index contributed by atoms with van der Waals surface area (Å²) in [7, 11) is -3.41. The third-order valence-electron chi connectivity index (χ3n) is 4.08. The molecule has 2 N–H and O–H groups in total. The molecule has 2 atom stereocenters. The SMILES string of the molecule is CS(=O)(=O)c1cccc(C(NC(=O)C2CNC(=O)O2)c2ccc(Cl)cc2)c1. The third-order valence-corrected chi connectivity index (χ3v) is 5.45. The maximum absolute atomic E-state index is 12.5. The Bertz CT molecular complexity index is 976. The molecular formula is C18H17ClN2O5S. The summed E-state index contributed by atoms with van der Waals surface area (Å²) in [6, 6.07) is 12.5. The number of halogens is 1. The quantitative estimate of drug-likeness (QED) is 0.788. The maximum Gasteiger partial charge on any atom is 0.408 e. The lowest BCUT2D eigenvalue weighted by Crippen LogP contribution is -2.39. The number of nitrogens with one attached hydrogen (secondary N) is 2. The molecule has 2 aromatic rings. The number of rotatable bonds is 5. The van der Waals surface area contributed by atoms with Gasteiger partial charge in [0, 0.05) is 11.3 Å². The van der Waals surface area contributed by atoms with E-state index in [2.05, 4.69) is 10.6 Å². The first-order valence-corrected chi connectivity index (χ1v) is 10.3. The molecule has 1 fully saturated rings. The summed E-state index contributed by atoms with van der Waals surface area (Å²) in [4.78, 5) is 23.8. The fourth-order valence-corrected chi connectivity index (χ4v) is 3.51. The van der Waals surface area contributed by atoms with Crippen LogP contribution in [0.5, 0.6) is 0 Å². The number of hydrogen-bond acceptors (Lipinski definition) is 5. The summed E-state index contributed by atoms with van der Waals surface area (Å²) in [5.41, 5.74) is 1.28. The van der Waals surface area contributed by atoms with E-state index in [1.807, 2.05) is 0 Å². The number of alkyl carbamates (subject to hydrolysis) is 1. The normalized spacial score (nSPS) is 17.7. The summed E-state index contributed by atoms with van der Waals surface area (Å²) in [6.07, 6.45) is -0.492. The van der Waals surface area contributed by atoms with Crippen LogP contribution in [0.4, 0.5) is 4.79 Å². The van der Waals surface area contributed by atoms with Crippen LogP contribution in [0.2, 0.25) is 5.02 Å². The van der Waals surface area contributed by atoms with E-state index in [0.29, 0.717) is 16.1 Å². The van der Waals surface area contributed by atoms with E-state index in [1.54, 1.807) is 36.4 Å². The minimum absolute atomic E-state index is 0.0708. The lowest BCUT2D eigenvalue weighted by atomic mass is 9.98. The molecule has 0 aliphatic carbocycles. The molecule has 2 aromatic carbocycles. The van der Waals surface area contributed by atoms with Crippen LogP contribution in [0.25, 0.3) is 0 Å². The van der Waals surface area contributed by atoms with Crippen LogP contribution in [0, 0.1) is 0 Å². The van der Waals surface area contributed by atoms with Crippen molar-refractivity contribution in [2.75, 3.05) is 12.8 Å². The average Bonchev–Trinajstić information content (AvgIpc) is 3.06. The van der Waals surface area contributed by atoms with Crippen LogP contribution in [-0.4, -0.2) is 39.3 Å². The molecule has 1 saturated heterocycles. The van der Waals surface area contributed by atoms with Crippen molar-refractivity contribution in [2.24, 2.45) is 0 Å². The molecule has 0 saturated carbocycles. The highest BCUT2D eigenvalue weighted by Crippen LogP contribution is 2.26. The van der Waals surface area contributed by atoms with Crippen LogP contribution in [0.15, 0.2) is 53.4 Å². The highest BCUT2D eigenvalue weighted by Gasteiger charge is 2.31. The predicted molar refractivity (Wildman–Crippen MR) is 99.3 cm³/mol. The van der Waals surface area contributed by atoms with Gasteiger partial charge in [-0.25, -0.2) is 13.2 Å². The average molecular weight is 409 g/mol. The van der Waals surface area contributed by atoms with Gasteiger partial charge in [-0.1, -0.05) is 35.9 Å². The van der Waals surface area contributed by atoms with E-state index in [4.69, 9.17) is 16.3 Å². The summed E-state index contributed by atoms with van der Waals surface area (Å²) in [5, 5.41) is 5.77. The van der Waals surface area contributed by atoms with Gasteiger partial charge in [-0.05, 0) is 35.4 Å². The summed E-state index contributed by atoms with van der Waals surface area (Å²) >= 11 is 5.94. The molecule has 0 spiro atoms. The van der Waals surface area contributed by atoms with Gasteiger partial charge in [-0.15, -0.1) is 0 Å². The van der Waals surface area contributed by atoms with Crippen LogP contribution in [0.3, 0.4) is 0 Å². The van der Waals surface area contributed by atoms with Crippen molar-refractivity contribution in [1.82, 2.24) is 10.6 Å². The van der Waals surface area contributed by atoms with Gasteiger partial charge in [-0.3, -0.25) is 4.79 Å². The van der Waals surface area contributed by atoms with E-state index < -0.39 is 34.0 Å². The zero-order chi connectivity index (χ0) is 19.6. The Morgan fingerprint density at radius 3 is 2.52 bits per heavy atom. The second-order valence-corrected chi connectivity index (χ2v) is 8.56. The summed E-state index contributed by atoms with van der Waals surface area (Å²) < 4.78 is 28.7. The first kappa shape index (κ1) is 19.2. The maximum atomic E-state index is 12.5. The van der Waals surface area contributed by atoms with Crippen molar-refractivity contribution >= 4 is 33.4 Å². The summed E-state index contributed by atoms with van der Waals surface area (Å²) in [5.74, 6) is -0.488. The lowest BCUT2D eigenvalue weighted by Gasteiger charge is -2.22. The van der Waals surface area contributed by atoms with Gasteiger partial charge >= 0.3 is 6.09 Å². The lowest BCUT2D eigenvalue weighted by molar-refractivity contribution is -0.128. The number of amides is 2. The number of carbonyl (C=O) groups excluding carboxylic acids is 2. The Hall–Kier alpha value is -2.58. The zero-order valence-corrected chi connectivity index (χ0v) is 15.9.